The van der Waals surface area contributed by atoms with Crippen LogP contribution in [0.4, 0.5) is 4.39 Å². The number of rotatable bonds is 1. The molecule has 0 heterocycles. The van der Waals surface area contributed by atoms with Crippen molar-refractivity contribution >= 4 is 27.5 Å². The smallest absolute Gasteiger partial charge is 0.139 e. The highest BCUT2D eigenvalue weighted by molar-refractivity contribution is 9.10. The number of benzene rings is 1. The lowest BCUT2D eigenvalue weighted by Crippen LogP contribution is -1.88. The Balaban J connectivity index is 3.20. The fourth-order valence-electron chi connectivity index (χ4n) is 0.823. The van der Waals surface area contributed by atoms with Crippen molar-refractivity contribution in [3.05, 3.63) is 33.0 Å². The first-order chi connectivity index (χ1) is 5.65. The molecule has 1 aromatic rings. The molecule has 0 amide bonds. The van der Waals surface area contributed by atoms with Crippen molar-refractivity contribution in [3.63, 3.8) is 0 Å². The van der Waals surface area contributed by atoms with Gasteiger partial charge in [-0.05, 0) is 33.6 Å². The highest BCUT2D eigenvalue weighted by Crippen LogP contribution is 2.25. The fourth-order valence-corrected chi connectivity index (χ4v) is 1.42. The summed E-state index contributed by atoms with van der Waals surface area (Å²) in [5, 5.41) is 8.70. The third-order valence-corrected chi connectivity index (χ3v) is 2.44. The van der Waals surface area contributed by atoms with Gasteiger partial charge in [-0.15, -0.1) is 0 Å². The Morgan fingerprint density at radius 1 is 1.58 bits per heavy atom. The van der Waals surface area contributed by atoms with Gasteiger partial charge in [-0.25, -0.2) is 4.39 Å². The van der Waals surface area contributed by atoms with Gasteiger partial charge in [0.2, 0.25) is 0 Å². The molecule has 0 saturated heterocycles. The zero-order valence-electron chi connectivity index (χ0n) is 5.94. The zero-order valence-corrected chi connectivity index (χ0v) is 8.28. The molecule has 1 rings (SSSR count). The average molecular weight is 248 g/mol. The maximum Gasteiger partial charge on any atom is 0.139 e. The van der Waals surface area contributed by atoms with Crippen molar-refractivity contribution in [2.24, 2.45) is 0 Å². The van der Waals surface area contributed by atoms with Gasteiger partial charge in [-0.1, -0.05) is 11.6 Å². The van der Waals surface area contributed by atoms with Crippen LogP contribution in [-0.4, -0.2) is 0 Å². The molecular weight excluding hydrogens is 244 g/mol. The molecular formula is C8H4BrClFN. The molecule has 0 atom stereocenters. The molecule has 0 aliphatic heterocycles. The van der Waals surface area contributed by atoms with E-state index in [0.29, 0.717) is 15.1 Å². The van der Waals surface area contributed by atoms with E-state index in [1.807, 2.05) is 6.07 Å². The van der Waals surface area contributed by atoms with Gasteiger partial charge in [-0.3, -0.25) is 0 Å². The molecule has 0 aliphatic rings. The average Bonchev–Trinajstić information content (AvgIpc) is 2.00. The second-order valence-corrected chi connectivity index (χ2v) is 3.43. The van der Waals surface area contributed by atoms with Crippen molar-refractivity contribution in [2.75, 3.05) is 0 Å². The number of halogens is 3. The monoisotopic (exact) mass is 247 g/mol. The lowest BCUT2D eigenvalue weighted by atomic mass is 10.2. The van der Waals surface area contributed by atoms with E-state index in [9.17, 15) is 4.39 Å². The normalized spacial score (nSPS) is 9.50. The first kappa shape index (κ1) is 9.50. The third kappa shape index (κ3) is 1.96. The molecule has 1 nitrogen and oxygen atoms in total. The lowest BCUT2D eigenvalue weighted by Gasteiger charge is -2.01. The fraction of sp³-hybridized carbons (Fsp3) is 0.125. The Morgan fingerprint density at radius 3 is 2.83 bits per heavy atom. The summed E-state index contributed by atoms with van der Waals surface area (Å²) in [6, 6.07) is 4.69. The molecule has 4 heteroatoms. The van der Waals surface area contributed by atoms with Crippen molar-refractivity contribution in [1.29, 1.82) is 5.26 Å². The van der Waals surface area contributed by atoms with Crippen molar-refractivity contribution in [1.82, 2.24) is 0 Å². The summed E-state index contributed by atoms with van der Waals surface area (Å²) in [6.45, 7) is 0. The minimum absolute atomic E-state index is 0.151. The highest BCUT2D eigenvalue weighted by atomic mass is 79.9. The molecule has 0 fully saturated rings. The minimum Gasteiger partial charge on any atom is -0.206 e. The van der Waals surface area contributed by atoms with Crippen molar-refractivity contribution in [3.8, 4) is 6.07 Å². The summed E-state index contributed by atoms with van der Waals surface area (Å²) in [6.07, 6.45) is 0.151. The first-order valence-corrected chi connectivity index (χ1v) is 4.32. The predicted octanol–water partition coefficient (Wildman–Crippen LogP) is 3.31. The summed E-state index contributed by atoms with van der Waals surface area (Å²) < 4.78 is 13.2. The second-order valence-electron chi connectivity index (χ2n) is 2.20. The summed E-state index contributed by atoms with van der Waals surface area (Å²) in [5.74, 6) is -0.437. The van der Waals surface area contributed by atoms with Crippen molar-refractivity contribution < 1.29 is 4.39 Å². The van der Waals surface area contributed by atoms with Gasteiger partial charge in [0.25, 0.3) is 0 Å². The summed E-state index contributed by atoms with van der Waals surface area (Å²) in [4.78, 5) is 0. The highest BCUT2D eigenvalue weighted by Gasteiger charge is 2.06. The van der Waals surface area contributed by atoms with Gasteiger partial charge in [0.1, 0.15) is 5.82 Å². The van der Waals surface area contributed by atoms with Gasteiger partial charge in [0, 0.05) is 5.02 Å². The van der Waals surface area contributed by atoms with E-state index in [4.69, 9.17) is 16.9 Å². The molecule has 0 saturated carbocycles. The topological polar surface area (TPSA) is 23.8 Å². The molecule has 0 unspecified atom stereocenters. The number of hydrogen-bond acceptors (Lipinski definition) is 1. The summed E-state index contributed by atoms with van der Waals surface area (Å²) in [7, 11) is 0. The molecule has 12 heavy (non-hydrogen) atoms. The Bertz CT molecular complexity index is 346. The summed E-state index contributed by atoms with van der Waals surface area (Å²) >= 11 is 8.62. The quantitative estimate of drug-likeness (QED) is 0.700. The van der Waals surface area contributed by atoms with Crippen LogP contribution in [-0.2, 0) is 6.42 Å². The van der Waals surface area contributed by atoms with Crippen LogP contribution < -0.4 is 0 Å². The van der Waals surface area contributed by atoms with Gasteiger partial charge in [0.05, 0.1) is 17.0 Å². The van der Waals surface area contributed by atoms with Crippen LogP contribution in [0.25, 0.3) is 0 Å². The first-order valence-electron chi connectivity index (χ1n) is 3.15. The molecule has 0 aromatic heterocycles. The van der Waals surface area contributed by atoms with E-state index in [0.717, 1.165) is 0 Å². The maximum atomic E-state index is 12.9. The SMILES string of the molecule is N#CCc1cc(Cl)cc(F)c1Br. The minimum atomic E-state index is -0.437. The molecule has 0 N–H and O–H groups in total. The van der Waals surface area contributed by atoms with Gasteiger partial charge in [-0.2, -0.15) is 5.26 Å². The van der Waals surface area contributed by atoms with Crippen LogP contribution >= 0.6 is 27.5 Å². The molecule has 0 bridgehead atoms. The van der Waals surface area contributed by atoms with Crippen LogP contribution in [0.15, 0.2) is 16.6 Å². The van der Waals surface area contributed by atoms with E-state index in [1.54, 1.807) is 6.07 Å². The zero-order chi connectivity index (χ0) is 9.14. The Hall–Kier alpha value is -0.590. The Labute approximate surface area is 82.9 Å². The molecule has 0 aliphatic carbocycles. The van der Waals surface area contributed by atoms with E-state index in [1.165, 1.54) is 6.07 Å². The third-order valence-electron chi connectivity index (χ3n) is 1.34. The number of nitriles is 1. The van der Waals surface area contributed by atoms with E-state index in [-0.39, 0.29) is 6.42 Å². The standard InChI is InChI=1S/C8H4BrClFN/c9-8-5(1-2-12)3-6(10)4-7(8)11/h3-4H,1H2. The molecule has 0 spiro atoms. The number of nitrogens with zero attached hydrogens (tertiary/aromatic N) is 1. The van der Waals surface area contributed by atoms with Crippen LogP contribution in [0.2, 0.25) is 5.02 Å². The lowest BCUT2D eigenvalue weighted by molar-refractivity contribution is 0.619. The Kier molecular flexibility index (Phi) is 3.07. The van der Waals surface area contributed by atoms with Crippen LogP contribution in [0.3, 0.4) is 0 Å². The van der Waals surface area contributed by atoms with Crippen LogP contribution in [0.1, 0.15) is 5.56 Å². The van der Waals surface area contributed by atoms with E-state index < -0.39 is 5.82 Å². The van der Waals surface area contributed by atoms with Crippen molar-refractivity contribution in [2.45, 2.75) is 6.42 Å². The Morgan fingerprint density at radius 2 is 2.25 bits per heavy atom. The maximum absolute atomic E-state index is 12.9. The van der Waals surface area contributed by atoms with Crippen LogP contribution in [0.5, 0.6) is 0 Å². The van der Waals surface area contributed by atoms with E-state index >= 15 is 0 Å². The summed E-state index contributed by atoms with van der Waals surface area (Å²) in [5.41, 5.74) is 0.572. The van der Waals surface area contributed by atoms with E-state index in [2.05, 4.69) is 15.9 Å². The predicted molar refractivity (Wildman–Crippen MR) is 48.4 cm³/mol. The van der Waals surface area contributed by atoms with Crippen LogP contribution in [0, 0.1) is 17.1 Å². The van der Waals surface area contributed by atoms with Gasteiger partial charge in [0.15, 0.2) is 0 Å². The molecule has 0 radical (unpaired) electrons. The van der Waals surface area contributed by atoms with Gasteiger partial charge < -0.3 is 0 Å². The number of hydrogen-bond donors (Lipinski definition) is 0. The largest absolute Gasteiger partial charge is 0.206 e. The molecule has 62 valence electrons. The molecule has 1 aromatic carbocycles. The van der Waals surface area contributed by atoms with Gasteiger partial charge >= 0.3 is 0 Å². The second kappa shape index (κ2) is 3.88.